The van der Waals surface area contributed by atoms with Gasteiger partial charge < -0.3 is 28.6 Å². The molecule has 0 aliphatic carbocycles. The summed E-state index contributed by atoms with van der Waals surface area (Å²) in [4.78, 5) is 35.5. The van der Waals surface area contributed by atoms with Gasteiger partial charge >= 0.3 is 6.09 Å². The summed E-state index contributed by atoms with van der Waals surface area (Å²) in [7, 11) is 0. The second-order valence-corrected chi connectivity index (χ2v) is 13.5. The first-order valence-corrected chi connectivity index (χ1v) is 16.2. The Kier molecular flexibility index (Phi) is 8.64. The predicted molar refractivity (Wildman–Crippen MR) is 173 cm³/mol. The van der Waals surface area contributed by atoms with Crippen molar-refractivity contribution in [1.82, 2.24) is 19.4 Å². The Morgan fingerprint density at radius 3 is 2.55 bits per heavy atom. The molecule has 1 amide bonds. The van der Waals surface area contributed by atoms with E-state index in [-0.39, 0.29) is 17.7 Å². The number of hydrogen-bond acceptors (Lipinski definition) is 8. The maximum atomic E-state index is 13.4. The Bertz CT molecular complexity index is 1690. The van der Waals surface area contributed by atoms with Gasteiger partial charge in [0.05, 0.1) is 5.52 Å². The summed E-state index contributed by atoms with van der Waals surface area (Å²) in [5.41, 5.74) is 3.31. The third-order valence-corrected chi connectivity index (χ3v) is 8.96. The Balaban J connectivity index is 1.15. The first-order chi connectivity index (χ1) is 21.1. The van der Waals surface area contributed by atoms with Crippen molar-refractivity contribution in [2.45, 2.75) is 65.3 Å². The zero-order valence-corrected chi connectivity index (χ0v) is 26.7. The Morgan fingerprint density at radius 1 is 1.05 bits per heavy atom. The highest BCUT2D eigenvalue weighted by Gasteiger charge is 2.31. The summed E-state index contributed by atoms with van der Waals surface area (Å²) < 4.78 is 19.2. The van der Waals surface area contributed by atoms with Crippen LogP contribution >= 0.6 is 11.3 Å². The van der Waals surface area contributed by atoms with E-state index in [2.05, 4.69) is 35.0 Å². The van der Waals surface area contributed by atoms with E-state index in [1.165, 1.54) is 0 Å². The summed E-state index contributed by atoms with van der Waals surface area (Å²) in [6, 6.07) is 13.9. The molecule has 0 N–H and O–H groups in total. The molecule has 9 nitrogen and oxygen atoms in total. The average Bonchev–Trinajstić information content (AvgIpc) is 3.53. The van der Waals surface area contributed by atoms with Gasteiger partial charge in [0.25, 0.3) is 5.56 Å². The van der Waals surface area contributed by atoms with Crippen LogP contribution in [0.1, 0.15) is 44.7 Å². The number of rotatable bonds is 7. The van der Waals surface area contributed by atoms with Gasteiger partial charge in [0.1, 0.15) is 23.8 Å². The number of likely N-dealkylation sites (tertiary alicyclic amines) is 1. The smallest absolute Gasteiger partial charge is 0.410 e. The van der Waals surface area contributed by atoms with Gasteiger partial charge in [0.15, 0.2) is 11.5 Å². The van der Waals surface area contributed by atoms with E-state index in [1.807, 2.05) is 53.8 Å². The normalized spacial score (nSPS) is 15.8. The Morgan fingerprint density at radius 2 is 1.82 bits per heavy atom. The lowest BCUT2D eigenvalue weighted by molar-refractivity contribution is 0.00562. The van der Waals surface area contributed by atoms with Crippen molar-refractivity contribution in [1.29, 1.82) is 0 Å². The molecule has 2 aromatic heterocycles. The van der Waals surface area contributed by atoms with E-state index < -0.39 is 5.60 Å². The van der Waals surface area contributed by atoms with Crippen molar-refractivity contribution in [2.24, 2.45) is 0 Å². The number of aryl methyl sites for hydroxylation is 1. The van der Waals surface area contributed by atoms with Crippen molar-refractivity contribution in [2.75, 3.05) is 32.8 Å². The van der Waals surface area contributed by atoms with Crippen LogP contribution in [0.4, 0.5) is 4.79 Å². The monoisotopic (exact) mass is 616 g/mol. The number of carbonyl (C=O) groups excluding carboxylic acids is 1. The molecule has 0 spiro atoms. The zero-order valence-electron chi connectivity index (χ0n) is 25.9. The predicted octanol–water partition coefficient (Wildman–Crippen LogP) is 6.11. The number of thiazole rings is 1. The van der Waals surface area contributed by atoms with E-state index in [4.69, 9.17) is 14.2 Å². The highest BCUT2D eigenvalue weighted by molar-refractivity contribution is 7.13. The van der Waals surface area contributed by atoms with Crippen molar-refractivity contribution in [3.05, 3.63) is 75.5 Å². The summed E-state index contributed by atoms with van der Waals surface area (Å²) in [5, 5.41) is 3.83. The molecular formula is C34H40N4O5S. The minimum absolute atomic E-state index is 0.0151. The molecule has 0 unspecified atom stereocenters. The second kappa shape index (κ2) is 12.6. The van der Waals surface area contributed by atoms with E-state index in [9.17, 15) is 9.59 Å². The molecule has 10 heteroatoms. The lowest BCUT2D eigenvalue weighted by Crippen LogP contribution is -2.49. The summed E-state index contributed by atoms with van der Waals surface area (Å²) in [6.45, 7) is 12.2. The van der Waals surface area contributed by atoms with Crippen molar-refractivity contribution >= 4 is 28.3 Å². The molecule has 4 aromatic rings. The number of hydrogen-bond donors (Lipinski definition) is 0. The van der Waals surface area contributed by atoms with Crippen LogP contribution in [0.5, 0.6) is 11.5 Å². The van der Waals surface area contributed by atoms with E-state index >= 15 is 0 Å². The van der Waals surface area contributed by atoms with Crippen LogP contribution < -0.4 is 15.0 Å². The lowest BCUT2D eigenvalue weighted by Gasteiger charge is -2.39. The molecule has 2 aliphatic rings. The number of pyridine rings is 1. The molecule has 2 aromatic carbocycles. The molecule has 0 saturated carbocycles. The standard InChI is InChI=1S/C34H40N4O5S/c1-23-5-7-26-27(32-35-11-18-44-32)21-31(39)37(28(26)19-23)15-14-36-12-9-25(10-13-36)38(33(40)43-34(2,3)4)22-24-6-8-29-30(20-24)42-17-16-41-29/h5-8,11,18-21,25H,9-10,12-17,22H2,1-4H3. The first kappa shape index (κ1) is 30.1. The third kappa shape index (κ3) is 6.76. The third-order valence-electron chi connectivity index (χ3n) is 8.16. The Labute approximate surface area is 262 Å². The van der Waals surface area contributed by atoms with Gasteiger partial charge in [-0.1, -0.05) is 18.2 Å². The van der Waals surface area contributed by atoms with E-state index in [0.717, 1.165) is 70.8 Å². The van der Waals surface area contributed by atoms with Crippen LogP contribution in [0.3, 0.4) is 0 Å². The molecule has 44 heavy (non-hydrogen) atoms. The molecule has 232 valence electrons. The maximum Gasteiger partial charge on any atom is 0.410 e. The summed E-state index contributed by atoms with van der Waals surface area (Å²) >= 11 is 1.54. The molecule has 0 bridgehead atoms. The average molecular weight is 617 g/mol. The summed E-state index contributed by atoms with van der Waals surface area (Å²) in [5.74, 6) is 1.45. The van der Waals surface area contributed by atoms with Crippen LogP contribution in [-0.2, 0) is 17.8 Å². The van der Waals surface area contributed by atoms with Crippen LogP contribution in [0.15, 0.2) is 58.8 Å². The number of piperidine rings is 1. The van der Waals surface area contributed by atoms with Gasteiger partial charge in [-0.3, -0.25) is 4.79 Å². The molecule has 2 aliphatic heterocycles. The number of benzene rings is 2. The van der Waals surface area contributed by atoms with E-state index in [1.54, 1.807) is 23.6 Å². The fourth-order valence-electron chi connectivity index (χ4n) is 6.00. The fourth-order valence-corrected chi connectivity index (χ4v) is 6.66. The van der Waals surface area contributed by atoms with E-state index in [0.29, 0.717) is 32.1 Å². The maximum absolute atomic E-state index is 13.4. The van der Waals surface area contributed by atoms with Gasteiger partial charge in [0.2, 0.25) is 0 Å². The topological polar surface area (TPSA) is 86.1 Å². The van der Waals surface area contributed by atoms with Crippen LogP contribution in [0.2, 0.25) is 0 Å². The number of ether oxygens (including phenoxy) is 3. The summed E-state index contributed by atoms with van der Waals surface area (Å²) in [6.07, 6.45) is 3.11. The number of aromatic nitrogens is 2. The van der Waals surface area contributed by atoms with Crippen molar-refractivity contribution in [3.8, 4) is 22.1 Å². The number of amides is 1. The highest BCUT2D eigenvalue weighted by Crippen LogP contribution is 2.33. The van der Waals surface area contributed by atoms with Crippen molar-refractivity contribution in [3.63, 3.8) is 0 Å². The first-order valence-electron chi connectivity index (χ1n) is 15.3. The quantitative estimate of drug-likeness (QED) is 0.248. The van der Waals surface area contributed by atoms with Gasteiger partial charge in [-0.25, -0.2) is 9.78 Å². The van der Waals surface area contributed by atoms with Gasteiger partial charge in [0, 0.05) is 67.4 Å². The minimum Gasteiger partial charge on any atom is -0.486 e. The van der Waals surface area contributed by atoms with Gasteiger partial charge in [-0.05, 0) is 69.9 Å². The number of nitrogens with zero attached hydrogens (tertiary/aromatic N) is 4. The molecule has 4 heterocycles. The fraction of sp³-hybridized carbons (Fsp3) is 0.441. The Hall–Kier alpha value is -3.89. The molecular weight excluding hydrogens is 576 g/mol. The highest BCUT2D eigenvalue weighted by atomic mass is 32.1. The van der Waals surface area contributed by atoms with Crippen LogP contribution in [0.25, 0.3) is 21.5 Å². The molecule has 0 atom stereocenters. The van der Waals surface area contributed by atoms with Gasteiger partial charge in [-0.15, -0.1) is 11.3 Å². The van der Waals surface area contributed by atoms with Gasteiger partial charge in [-0.2, -0.15) is 0 Å². The number of fused-ring (bicyclic) bond motifs is 2. The molecule has 1 saturated heterocycles. The lowest BCUT2D eigenvalue weighted by atomic mass is 10.0. The largest absolute Gasteiger partial charge is 0.486 e. The molecule has 6 rings (SSSR count). The SMILES string of the molecule is Cc1ccc2c(-c3nccs3)cc(=O)n(CCN3CCC(N(Cc4ccc5c(c4)OCCO5)C(=O)OC(C)(C)C)CC3)c2c1. The zero-order chi connectivity index (χ0) is 30.8. The van der Waals surface area contributed by atoms with Crippen molar-refractivity contribution < 1.29 is 19.0 Å². The minimum atomic E-state index is -0.591. The molecule has 1 fully saturated rings. The molecule has 0 radical (unpaired) electrons. The van der Waals surface area contributed by atoms with Crippen LogP contribution in [-0.4, -0.2) is 69.9 Å². The number of carbonyl (C=O) groups is 1. The van der Waals surface area contributed by atoms with Crippen LogP contribution in [0, 0.1) is 6.92 Å². The second-order valence-electron chi connectivity index (χ2n) is 12.6.